The number of aryl methyl sites for hydroxylation is 1. The smallest absolute Gasteiger partial charge is 0.338 e. The second kappa shape index (κ2) is 9.52. The SMILES string of the molecule is CCCOC(=O)c1ccc2[nH]c(C)c(C[NH+](CC)Cc3ccccc3)c(=O)c2c1. The van der Waals surface area contributed by atoms with Crippen LogP contribution in [0.5, 0.6) is 0 Å². The molecule has 0 fully saturated rings. The monoisotopic (exact) mass is 393 g/mol. The second-order valence-electron chi connectivity index (χ2n) is 7.40. The van der Waals surface area contributed by atoms with E-state index in [2.05, 4.69) is 24.0 Å². The Hall–Kier alpha value is -2.92. The highest BCUT2D eigenvalue weighted by Crippen LogP contribution is 2.14. The molecule has 0 bridgehead atoms. The van der Waals surface area contributed by atoms with Gasteiger partial charge < -0.3 is 14.6 Å². The minimum atomic E-state index is -0.389. The number of benzene rings is 2. The van der Waals surface area contributed by atoms with E-state index < -0.39 is 0 Å². The van der Waals surface area contributed by atoms with Crippen molar-refractivity contribution in [1.29, 1.82) is 0 Å². The summed E-state index contributed by atoms with van der Waals surface area (Å²) in [5, 5.41) is 0.534. The fourth-order valence-corrected chi connectivity index (χ4v) is 3.52. The highest BCUT2D eigenvalue weighted by Gasteiger charge is 2.17. The molecule has 0 saturated heterocycles. The Morgan fingerprint density at radius 2 is 1.83 bits per heavy atom. The Balaban J connectivity index is 1.92. The summed E-state index contributed by atoms with van der Waals surface area (Å²) in [5.74, 6) is -0.389. The molecule has 3 rings (SSSR count). The largest absolute Gasteiger partial charge is 0.462 e. The van der Waals surface area contributed by atoms with Crippen molar-refractivity contribution in [2.24, 2.45) is 0 Å². The first-order chi connectivity index (χ1) is 14.0. The number of ether oxygens (including phenoxy) is 1. The van der Waals surface area contributed by atoms with Crippen molar-refractivity contribution >= 4 is 16.9 Å². The molecule has 0 aliphatic rings. The van der Waals surface area contributed by atoms with Crippen molar-refractivity contribution in [3.05, 3.63) is 81.1 Å². The van der Waals surface area contributed by atoms with Crippen LogP contribution in [0.4, 0.5) is 0 Å². The molecule has 2 aromatic carbocycles. The van der Waals surface area contributed by atoms with Crippen LogP contribution < -0.4 is 10.3 Å². The van der Waals surface area contributed by atoms with Gasteiger partial charge in [-0.1, -0.05) is 37.3 Å². The standard InChI is InChI=1S/C24H28N2O3/c1-4-13-29-24(28)19-11-12-22-20(14-19)23(27)21(17(3)25-22)16-26(5-2)15-18-9-7-6-8-10-18/h6-12,14H,4-5,13,15-16H2,1-3H3,(H,25,27)/p+1. The molecule has 5 nitrogen and oxygen atoms in total. The Morgan fingerprint density at radius 1 is 1.07 bits per heavy atom. The fourth-order valence-electron chi connectivity index (χ4n) is 3.52. The summed E-state index contributed by atoms with van der Waals surface area (Å²) >= 11 is 0. The van der Waals surface area contributed by atoms with Crippen molar-refractivity contribution in [2.45, 2.75) is 40.3 Å². The van der Waals surface area contributed by atoms with Gasteiger partial charge in [0.05, 0.1) is 24.3 Å². The molecule has 3 aromatic rings. The number of quaternary nitrogens is 1. The van der Waals surface area contributed by atoms with Gasteiger partial charge in [0.1, 0.15) is 13.1 Å². The molecule has 0 amide bonds. The van der Waals surface area contributed by atoms with Crippen molar-refractivity contribution in [2.75, 3.05) is 13.2 Å². The maximum absolute atomic E-state index is 13.3. The van der Waals surface area contributed by atoms with E-state index in [1.54, 1.807) is 18.2 Å². The van der Waals surface area contributed by atoms with Gasteiger partial charge in [-0.2, -0.15) is 0 Å². The van der Waals surface area contributed by atoms with E-state index in [1.165, 1.54) is 10.5 Å². The summed E-state index contributed by atoms with van der Waals surface area (Å²) < 4.78 is 5.21. The van der Waals surface area contributed by atoms with E-state index in [-0.39, 0.29) is 11.4 Å². The lowest BCUT2D eigenvalue weighted by molar-refractivity contribution is -0.925. The zero-order valence-corrected chi connectivity index (χ0v) is 17.4. The van der Waals surface area contributed by atoms with Gasteiger partial charge in [0.15, 0.2) is 5.43 Å². The van der Waals surface area contributed by atoms with Crippen molar-refractivity contribution in [3.63, 3.8) is 0 Å². The molecule has 5 heteroatoms. The van der Waals surface area contributed by atoms with Crippen molar-refractivity contribution in [1.82, 2.24) is 4.98 Å². The summed E-state index contributed by atoms with van der Waals surface area (Å²) in [6.45, 7) is 8.80. The maximum Gasteiger partial charge on any atom is 0.338 e. The lowest BCUT2D eigenvalue weighted by Crippen LogP contribution is -3.09. The van der Waals surface area contributed by atoms with Crippen molar-refractivity contribution < 1.29 is 14.4 Å². The summed E-state index contributed by atoms with van der Waals surface area (Å²) in [6.07, 6.45) is 0.764. The Labute approximate surface area is 171 Å². The van der Waals surface area contributed by atoms with Gasteiger partial charge in [-0.15, -0.1) is 0 Å². The zero-order chi connectivity index (χ0) is 20.8. The molecule has 1 heterocycles. The van der Waals surface area contributed by atoms with E-state index >= 15 is 0 Å². The number of aromatic nitrogens is 1. The number of H-pyrrole nitrogens is 1. The first kappa shape index (κ1) is 20.8. The van der Waals surface area contributed by atoms with Crippen molar-refractivity contribution in [3.8, 4) is 0 Å². The van der Waals surface area contributed by atoms with Crippen LogP contribution in [0, 0.1) is 6.92 Å². The van der Waals surface area contributed by atoms with E-state index in [0.29, 0.717) is 24.1 Å². The molecule has 0 saturated carbocycles. The summed E-state index contributed by atoms with van der Waals surface area (Å²) in [5.41, 5.74) is 4.03. The first-order valence-corrected chi connectivity index (χ1v) is 10.2. The number of nitrogens with one attached hydrogen (secondary N) is 2. The van der Waals surface area contributed by atoms with Gasteiger partial charge in [0.25, 0.3) is 0 Å². The van der Waals surface area contributed by atoms with Gasteiger partial charge in [-0.25, -0.2) is 4.79 Å². The minimum absolute atomic E-state index is 0.0135. The molecule has 1 aromatic heterocycles. The molecular weight excluding hydrogens is 364 g/mol. The van der Waals surface area contributed by atoms with Gasteiger partial charge in [0.2, 0.25) is 0 Å². The maximum atomic E-state index is 13.3. The fraction of sp³-hybridized carbons (Fsp3) is 0.333. The number of esters is 1. The molecule has 29 heavy (non-hydrogen) atoms. The van der Waals surface area contributed by atoms with Gasteiger partial charge >= 0.3 is 5.97 Å². The average molecular weight is 394 g/mol. The summed E-state index contributed by atoms with van der Waals surface area (Å²) in [6, 6.07) is 15.4. The van der Waals surface area contributed by atoms with Crippen LogP contribution in [0.25, 0.3) is 10.9 Å². The van der Waals surface area contributed by atoms with Crippen LogP contribution in [0.1, 0.15) is 47.4 Å². The van der Waals surface area contributed by atoms with E-state index in [4.69, 9.17) is 4.74 Å². The third-order valence-electron chi connectivity index (χ3n) is 5.21. The number of hydrogen-bond donors (Lipinski definition) is 2. The molecular formula is C24H29N2O3+. The minimum Gasteiger partial charge on any atom is -0.462 e. The highest BCUT2D eigenvalue weighted by atomic mass is 16.5. The second-order valence-corrected chi connectivity index (χ2v) is 7.40. The summed E-state index contributed by atoms with van der Waals surface area (Å²) in [7, 11) is 0. The quantitative estimate of drug-likeness (QED) is 0.578. The molecule has 1 atom stereocenters. The first-order valence-electron chi connectivity index (χ1n) is 10.2. The van der Waals surface area contributed by atoms with Gasteiger partial charge in [0, 0.05) is 22.2 Å². The number of fused-ring (bicyclic) bond motifs is 1. The Kier molecular flexibility index (Phi) is 6.83. The number of carbonyl (C=O) groups is 1. The lowest BCUT2D eigenvalue weighted by Gasteiger charge is -2.19. The Morgan fingerprint density at radius 3 is 2.52 bits per heavy atom. The van der Waals surface area contributed by atoms with E-state index in [9.17, 15) is 9.59 Å². The van der Waals surface area contributed by atoms with Crippen LogP contribution in [-0.4, -0.2) is 24.1 Å². The molecule has 2 N–H and O–H groups in total. The van der Waals surface area contributed by atoms with Crippen LogP contribution in [0.3, 0.4) is 0 Å². The zero-order valence-electron chi connectivity index (χ0n) is 17.4. The topological polar surface area (TPSA) is 63.6 Å². The molecule has 152 valence electrons. The molecule has 0 spiro atoms. The molecule has 0 aliphatic carbocycles. The van der Waals surface area contributed by atoms with Gasteiger partial charge in [-0.05, 0) is 38.5 Å². The lowest BCUT2D eigenvalue weighted by atomic mass is 10.1. The number of pyridine rings is 1. The predicted molar refractivity (Wildman–Crippen MR) is 115 cm³/mol. The third kappa shape index (κ3) is 4.93. The number of hydrogen-bond acceptors (Lipinski definition) is 3. The van der Waals surface area contributed by atoms with Gasteiger partial charge in [-0.3, -0.25) is 4.79 Å². The van der Waals surface area contributed by atoms with E-state index in [0.717, 1.165) is 36.3 Å². The average Bonchev–Trinajstić information content (AvgIpc) is 2.74. The van der Waals surface area contributed by atoms with E-state index in [1.807, 2.05) is 32.0 Å². The van der Waals surface area contributed by atoms with Crippen LogP contribution in [0.15, 0.2) is 53.3 Å². The molecule has 0 radical (unpaired) electrons. The molecule has 0 aliphatic heterocycles. The normalized spacial score (nSPS) is 12.1. The number of aromatic amines is 1. The Bertz CT molecular complexity index is 1040. The molecule has 1 unspecified atom stereocenters. The third-order valence-corrected chi connectivity index (χ3v) is 5.21. The predicted octanol–water partition coefficient (Wildman–Crippen LogP) is 3.01. The number of rotatable bonds is 8. The van der Waals surface area contributed by atoms with Crippen LogP contribution in [0.2, 0.25) is 0 Å². The van der Waals surface area contributed by atoms with Crippen LogP contribution in [-0.2, 0) is 17.8 Å². The van der Waals surface area contributed by atoms with Crippen LogP contribution >= 0.6 is 0 Å². The number of carbonyl (C=O) groups excluding carboxylic acids is 1. The summed E-state index contributed by atoms with van der Waals surface area (Å²) in [4.78, 5) is 30.1. The highest BCUT2D eigenvalue weighted by molar-refractivity contribution is 5.94.